The third-order valence-electron chi connectivity index (χ3n) is 5.79. The van der Waals surface area contributed by atoms with Gasteiger partial charge in [-0.3, -0.25) is 0 Å². The van der Waals surface area contributed by atoms with E-state index in [1.165, 1.54) is 15.8 Å². The molecule has 0 bridgehead atoms. The molecule has 0 aliphatic heterocycles. The van der Waals surface area contributed by atoms with Crippen LogP contribution in [0, 0.1) is 11.3 Å². The summed E-state index contributed by atoms with van der Waals surface area (Å²) < 4.78 is 0. The average molecular weight is 531 g/mol. The molecule has 5 rings (SSSR count). The summed E-state index contributed by atoms with van der Waals surface area (Å²) in [5.41, 5.74) is 4.17. The Morgan fingerprint density at radius 1 is 0.711 bits per heavy atom. The number of anilines is 3. The molecule has 3 aromatic carbocycles. The average Bonchev–Trinajstić information content (AvgIpc) is 3.63. The van der Waals surface area contributed by atoms with E-state index in [-0.39, 0.29) is 5.57 Å². The number of para-hydroxylation sites is 2. The Hall–Kier alpha value is -4.70. The lowest BCUT2D eigenvalue weighted by Crippen LogP contribution is -2.09. The lowest BCUT2D eigenvalue weighted by Gasteiger charge is -2.25. The smallest absolute Gasteiger partial charge is 0.346 e. The minimum atomic E-state index is -1.23. The summed E-state index contributed by atoms with van der Waals surface area (Å²) >= 11 is 3.36. The van der Waals surface area contributed by atoms with Crippen LogP contribution in [-0.4, -0.2) is 11.1 Å². The number of carboxylic acid groups (broad SMARTS) is 1. The maximum absolute atomic E-state index is 10.9. The van der Waals surface area contributed by atoms with E-state index in [2.05, 4.69) is 95.9 Å². The van der Waals surface area contributed by atoms with E-state index in [1.807, 2.05) is 24.3 Å². The van der Waals surface area contributed by atoms with Crippen molar-refractivity contribution in [2.45, 2.75) is 0 Å². The Kier molecular flexibility index (Phi) is 7.60. The zero-order chi connectivity index (χ0) is 26.3. The number of allylic oxidation sites excluding steroid dienone is 2. The van der Waals surface area contributed by atoms with Crippen molar-refractivity contribution in [3.63, 3.8) is 0 Å². The van der Waals surface area contributed by atoms with Gasteiger partial charge < -0.3 is 10.0 Å². The monoisotopic (exact) mass is 530 g/mol. The molecular weight excluding hydrogens is 508 g/mol. The summed E-state index contributed by atoms with van der Waals surface area (Å²) in [4.78, 5) is 17.7. The molecule has 0 aliphatic carbocycles. The third-order valence-corrected chi connectivity index (χ3v) is 8.17. The lowest BCUT2D eigenvalue weighted by atomic mass is 10.1. The Labute approximate surface area is 229 Å². The Bertz CT molecular complexity index is 1600. The van der Waals surface area contributed by atoms with E-state index in [0.717, 1.165) is 32.4 Å². The molecule has 0 aliphatic rings. The predicted molar refractivity (Wildman–Crippen MR) is 158 cm³/mol. The van der Waals surface area contributed by atoms with Gasteiger partial charge in [0, 0.05) is 36.6 Å². The topological polar surface area (TPSA) is 64.3 Å². The molecular formula is C32H22N2O2S2. The first-order chi connectivity index (χ1) is 18.6. The van der Waals surface area contributed by atoms with Crippen molar-refractivity contribution < 1.29 is 9.90 Å². The molecule has 0 unspecified atom stereocenters. The molecule has 0 amide bonds. The minimum Gasteiger partial charge on any atom is -0.477 e. The number of rotatable bonds is 8. The summed E-state index contributed by atoms with van der Waals surface area (Å²) in [5, 5.41) is 17.8. The highest BCUT2D eigenvalue weighted by Crippen LogP contribution is 2.40. The first-order valence-electron chi connectivity index (χ1n) is 11.8. The van der Waals surface area contributed by atoms with Gasteiger partial charge in [-0.2, -0.15) is 5.26 Å². The van der Waals surface area contributed by atoms with Gasteiger partial charge in [0.25, 0.3) is 0 Å². The molecule has 0 spiro atoms. The van der Waals surface area contributed by atoms with E-state index in [0.29, 0.717) is 0 Å². The minimum absolute atomic E-state index is 0.289. The van der Waals surface area contributed by atoms with Crippen LogP contribution in [0.5, 0.6) is 0 Å². The lowest BCUT2D eigenvalue weighted by molar-refractivity contribution is -0.132. The fourth-order valence-electron chi connectivity index (χ4n) is 3.97. The fraction of sp³-hybridized carbons (Fsp3) is 0. The number of hydrogen-bond acceptors (Lipinski definition) is 5. The molecule has 5 aromatic rings. The van der Waals surface area contributed by atoms with Crippen LogP contribution >= 0.6 is 22.7 Å². The van der Waals surface area contributed by atoms with Crippen molar-refractivity contribution in [3.8, 4) is 26.3 Å². The first kappa shape index (κ1) is 25.0. The molecule has 0 saturated heterocycles. The number of nitrogens with zero attached hydrogens (tertiary/aromatic N) is 2. The molecule has 6 heteroatoms. The highest BCUT2D eigenvalue weighted by atomic mass is 32.1. The molecule has 38 heavy (non-hydrogen) atoms. The number of carbonyl (C=O) groups is 1. The van der Waals surface area contributed by atoms with Gasteiger partial charge in [-0.1, -0.05) is 54.6 Å². The van der Waals surface area contributed by atoms with E-state index in [4.69, 9.17) is 10.4 Å². The van der Waals surface area contributed by atoms with Crippen LogP contribution in [0.2, 0.25) is 0 Å². The van der Waals surface area contributed by atoms with Crippen molar-refractivity contribution >= 4 is 51.8 Å². The summed E-state index contributed by atoms with van der Waals surface area (Å²) in [7, 11) is 0. The van der Waals surface area contributed by atoms with Gasteiger partial charge >= 0.3 is 5.97 Å². The molecule has 1 N–H and O–H groups in total. The second-order valence-corrected chi connectivity index (χ2v) is 10.5. The molecule has 2 aromatic heterocycles. The van der Waals surface area contributed by atoms with Gasteiger partial charge in [0.1, 0.15) is 11.6 Å². The van der Waals surface area contributed by atoms with E-state index < -0.39 is 5.97 Å². The quantitative estimate of drug-likeness (QED) is 0.123. The van der Waals surface area contributed by atoms with Crippen molar-refractivity contribution in [2.24, 2.45) is 0 Å². The van der Waals surface area contributed by atoms with Crippen LogP contribution in [0.25, 0.3) is 26.3 Å². The van der Waals surface area contributed by atoms with Gasteiger partial charge in [0.2, 0.25) is 0 Å². The van der Waals surface area contributed by atoms with Crippen molar-refractivity contribution in [1.29, 1.82) is 5.26 Å². The predicted octanol–water partition coefficient (Wildman–Crippen LogP) is 9.16. The number of thiophene rings is 2. The summed E-state index contributed by atoms with van der Waals surface area (Å²) in [6, 6.07) is 39.3. The van der Waals surface area contributed by atoms with Crippen molar-refractivity contribution in [3.05, 3.63) is 132 Å². The van der Waals surface area contributed by atoms with Crippen LogP contribution in [0.4, 0.5) is 17.1 Å². The Morgan fingerprint density at radius 2 is 1.26 bits per heavy atom. The highest BCUT2D eigenvalue weighted by molar-refractivity contribution is 7.24. The molecule has 2 heterocycles. The van der Waals surface area contributed by atoms with E-state index in [1.54, 1.807) is 34.8 Å². The molecule has 0 atom stereocenters. The van der Waals surface area contributed by atoms with Crippen LogP contribution in [-0.2, 0) is 4.79 Å². The van der Waals surface area contributed by atoms with Gasteiger partial charge in [-0.25, -0.2) is 4.79 Å². The van der Waals surface area contributed by atoms with Gasteiger partial charge in [0.05, 0.1) is 0 Å². The van der Waals surface area contributed by atoms with Crippen molar-refractivity contribution in [2.75, 3.05) is 4.90 Å². The normalized spacial score (nSPS) is 11.4. The summed E-state index contributed by atoms with van der Waals surface area (Å²) in [6.45, 7) is 0. The van der Waals surface area contributed by atoms with Crippen LogP contribution in [0.3, 0.4) is 0 Å². The third kappa shape index (κ3) is 5.65. The second kappa shape index (κ2) is 11.6. The SMILES string of the molecule is N#C/C(=C\C=C\c1ccc(-c2ccc(-c3ccc(N(c4ccccc4)c4ccccc4)cc3)s2)s1)C(=O)O. The van der Waals surface area contributed by atoms with Crippen LogP contribution < -0.4 is 4.90 Å². The largest absolute Gasteiger partial charge is 0.477 e. The maximum Gasteiger partial charge on any atom is 0.346 e. The summed E-state index contributed by atoms with van der Waals surface area (Å²) in [5.74, 6) is -1.23. The number of aliphatic carboxylic acids is 1. The fourth-order valence-corrected chi connectivity index (χ4v) is 5.99. The van der Waals surface area contributed by atoms with Crippen LogP contribution in [0.15, 0.2) is 127 Å². The first-order valence-corrected chi connectivity index (χ1v) is 13.5. The maximum atomic E-state index is 10.9. The van der Waals surface area contributed by atoms with Crippen molar-refractivity contribution in [1.82, 2.24) is 0 Å². The van der Waals surface area contributed by atoms with E-state index in [9.17, 15) is 4.79 Å². The second-order valence-electron chi connectivity index (χ2n) is 8.28. The zero-order valence-corrected chi connectivity index (χ0v) is 21.8. The molecule has 0 saturated carbocycles. The van der Waals surface area contributed by atoms with Gasteiger partial charge in [-0.05, 0) is 78.4 Å². The van der Waals surface area contributed by atoms with E-state index >= 15 is 0 Å². The Balaban J connectivity index is 1.36. The highest BCUT2D eigenvalue weighted by Gasteiger charge is 2.13. The number of hydrogen-bond donors (Lipinski definition) is 1. The molecule has 0 radical (unpaired) electrons. The summed E-state index contributed by atoms with van der Waals surface area (Å²) in [6.07, 6.45) is 4.72. The molecule has 0 fully saturated rings. The number of carboxylic acids is 1. The number of benzene rings is 3. The zero-order valence-electron chi connectivity index (χ0n) is 20.2. The molecule has 4 nitrogen and oxygen atoms in total. The van der Waals surface area contributed by atoms with Gasteiger partial charge in [-0.15, -0.1) is 22.7 Å². The number of nitriles is 1. The molecule has 184 valence electrons. The van der Waals surface area contributed by atoms with Gasteiger partial charge in [0.15, 0.2) is 0 Å². The van der Waals surface area contributed by atoms with Crippen LogP contribution in [0.1, 0.15) is 4.88 Å². The Morgan fingerprint density at radius 3 is 1.87 bits per heavy atom. The standard InChI is InChI=1S/C32H22N2O2S2/c33-22-24(32(35)36)8-7-13-28-18-19-30(37-28)31-21-20-29(38-31)23-14-16-27(17-15-23)34(25-9-3-1-4-10-25)26-11-5-2-6-12-26/h1-21H,(H,35,36)/b13-7+,24-8+.